The lowest BCUT2D eigenvalue weighted by Crippen LogP contribution is -2.40. The van der Waals surface area contributed by atoms with Gasteiger partial charge in [0.2, 0.25) is 0 Å². The Morgan fingerprint density at radius 3 is 2.51 bits per heavy atom. The van der Waals surface area contributed by atoms with Crippen LogP contribution in [0.4, 0.5) is 8.78 Å². The first-order chi connectivity index (χ1) is 18.8. The van der Waals surface area contributed by atoms with Crippen molar-refractivity contribution in [2.75, 3.05) is 20.8 Å². The lowest BCUT2D eigenvalue weighted by Gasteiger charge is -2.26. The number of methoxy groups -OCH3 is 2. The summed E-state index contributed by atoms with van der Waals surface area (Å²) >= 11 is 1.16. The van der Waals surface area contributed by atoms with Gasteiger partial charge in [-0.05, 0) is 43.2 Å². The monoisotopic (exact) mass is 558 g/mol. The van der Waals surface area contributed by atoms with Gasteiger partial charge in [0.05, 0.1) is 36.6 Å². The molecule has 1 aromatic heterocycles. The number of fused-ring (bicyclic) bond motifs is 1. The molecule has 0 spiro atoms. The number of allylic oxidation sites excluding steroid dienone is 1. The largest absolute Gasteiger partial charge is 0.496 e. The van der Waals surface area contributed by atoms with E-state index in [4.69, 9.17) is 19.2 Å². The van der Waals surface area contributed by atoms with Gasteiger partial charge >= 0.3 is 12.6 Å². The molecule has 0 unspecified atom stereocenters. The Balaban J connectivity index is 1.96. The third kappa shape index (κ3) is 5.73. The maximum absolute atomic E-state index is 13.9. The number of rotatable bonds is 10. The molecule has 0 amide bonds. The van der Waals surface area contributed by atoms with E-state index >= 15 is 0 Å². The fourth-order valence-electron chi connectivity index (χ4n) is 4.43. The molecule has 0 radical (unpaired) electrons. The van der Waals surface area contributed by atoms with Crippen LogP contribution in [0.5, 0.6) is 17.2 Å². The molecule has 0 fully saturated rings. The van der Waals surface area contributed by atoms with E-state index in [2.05, 4.69) is 4.74 Å². The predicted octanol–water partition coefficient (Wildman–Crippen LogP) is 4.20. The van der Waals surface area contributed by atoms with E-state index in [1.54, 1.807) is 25.1 Å². The standard InChI is InChI=1S/C28H28F2N2O6S/c1-5-9-18-23(26(34)37-6-2)24(17-10-7-8-11-19(17)35-3)32-25(33)22(39-28(32)31-18)15-16-12-13-20(38-27(29)30)21(14-16)36-4/h7-8,10-15,24,27H,5-6,9H2,1-4H3/b22-15+/t24-/m1/s1. The Bertz CT molecular complexity index is 1580. The number of alkyl halides is 2. The molecule has 2 heterocycles. The van der Waals surface area contributed by atoms with Crippen LogP contribution in [-0.2, 0) is 9.53 Å². The zero-order valence-corrected chi connectivity index (χ0v) is 22.7. The second-order valence-electron chi connectivity index (χ2n) is 8.44. The first kappa shape index (κ1) is 28.0. The Hall–Kier alpha value is -3.99. The van der Waals surface area contributed by atoms with Crippen molar-refractivity contribution in [3.8, 4) is 17.2 Å². The van der Waals surface area contributed by atoms with Gasteiger partial charge in [-0.3, -0.25) is 9.36 Å². The van der Waals surface area contributed by atoms with Crippen molar-refractivity contribution in [1.82, 2.24) is 4.57 Å². The third-order valence-electron chi connectivity index (χ3n) is 6.03. The molecule has 11 heteroatoms. The van der Waals surface area contributed by atoms with Crippen LogP contribution in [-0.4, -0.2) is 38.0 Å². The number of hydrogen-bond acceptors (Lipinski definition) is 8. The summed E-state index contributed by atoms with van der Waals surface area (Å²) in [7, 11) is 2.86. The molecule has 0 bridgehead atoms. The molecule has 0 N–H and O–H groups in total. The van der Waals surface area contributed by atoms with Crippen molar-refractivity contribution >= 4 is 23.4 Å². The molecule has 3 aromatic rings. The summed E-state index contributed by atoms with van der Waals surface area (Å²) in [4.78, 5) is 32.3. The maximum atomic E-state index is 13.9. The molecule has 206 valence electrons. The number of aromatic nitrogens is 1. The van der Waals surface area contributed by atoms with Crippen molar-refractivity contribution in [3.63, 3.8) is 0 Å². The number of nitrogens with zero attached hydrogens (tertiary/aromatic N) is 2. The van der Waals surface area contributed by atoms with E-state index in [0.717, 1.165) is 17.8 Å². The molecule has 8 nitrogen and oxygen atoms in total. The highest BCUT2D eigenvalue weighted by Crippen LogP contribution is 2.37. The summed E-state index contributed by atoms with van der Waals surface area (Å²) in [6.45, 7) is 0.858. The SMILES string of the molecule is CCCC1=C(C(=O)OCC)[C@@H](c2ccccc2OC)n2c(s/c(=C/c3ccc(OC(F)F)c(OC)c3)c2=O)=N1. The van der Waals surface area contributed by atoms with Crippen LogP contribution in [0.25, 0.3) is 6.08 Å². The van der Waals surface area contributed by atoms with Gasteiger partial charge in [-0.15, -0.1) is 0 Å². The fourth-order valence-corrected chi connectivity index (χ4v) is 5.45. The summed E-state index contributed by atoms with van der Waals surface area (Å²) < 4.78 is 48.0. The number of ether oxygens (including phenoxy) is 4. The first-order valence-electron chi connectivity index (χ1n) is 12.3. The predicted molar refractivity (Wildman–Crippen MR) is 142 cm³/mol. The molecule has 4 rings (SSSR count). The lowest BCUT2D eigenvalue weighted by molar-refractivity contribution is -0.139. The summed E-state index contributed by atoms with van der Waals surface area (Å²) in [6.07, 6.45) is 2.85. The van der Waals surface area contributed by atoms with E-state index in [1.807, 2.05) is 25.1 Å². The second kappa shape index (κ2) is 12.2. The molecule has 0 saturated carbocycles. The van der Waals surface area contributed by atoms with Crippen molar-refractivity contribution in [3.05, 3.63) is 84.5 Å². The maximum Gasteiger partial charge on any atom is 0.387 e. The van der Waals surface area contributed by atoms with E-state index < -0.39 is 18.6 Å². The molecule has 1 atom stereocenters. The fraction of sp³-hybridized carbons (Fsp3) is 0.321. The summed E-state index contributed by atoms with van der Waals surface area (Å²) in [5, 5.41) is 0. The van der Waals surface area contributed by atoms with Crippen molar-refractivity contribution in [1.29, 1.82) is 0 Å². The van der Waals surface area contributed by atoms with E-state index in [9.17, 15) is 18.4 Å². The van der Waals surface area contributed by atoms with Crippen LogP contribution in [0, 0.1) is 0 Å². The zero-order valence-electron chi connectivity index (χ0n) is 21.9. The zero-order chi connectivity index (χ0) is 28.1. The molecule has 1 aliphatic rings. The second-order valence-corrected chi connectivity index (χ2v) is 9.45. The lowest BCUT2D eigenvalue weighted by atomic mass is 9.93. The Morgan fingerprint density at radius 2 is 1.85 bits per heavy atom. The minimum Gasteiger partial charge on any atom is -0.496 e. The Kier molecular flexibility index (Phi) is 8.80. The number of thiazole rings is 1. The van der Waals surface area contributed by atoms with Gasteiger partial charge in [-0.2, -0.15) is 8.78 Å². The van der Waals surface area contributed by atoms with Crippen LogP contribution >= 0.6 is 11.3 Å². The van der Waals surface area contributed by atoms with Gasteiger partial charge in [0.15, 0.2) is 16.3 Å². The van der Waals surface area contributed by atoms with E-state index in [1.165, 1.54) is 30.9 Å². The molecule has 0 aliphatic carbocycles. The number of carbonyl (C=O) groups excluding carboxylic acids is 1. The third-order valence-corrected chi connectivity index (χ3v) is 7.01. The van der Waals surface area contributed by atoms with Crippen LogP contribution in [0.1, 0.15) is 43.9 Å². The number of hydrogen-bond donors (Lipinski definition) is 0. The molecular formula is C28H28F2N2O6S. The topological polar surface area (TPSA) is 88.4 Å². The van der Waals surface area contributed by atoms with Crippen molar-refractivity contribution in [2.45, 2.75) is 39.3 Å². The summed E-state index contributed by atoms with van der Waals surface area (Å²) in [5.41, 5.74) is 1.62. The molecule has 0 saturated heterocycles. The number of carbonyl (C=O) groups is 1. The smallest absolute Gasteiger partial charge is 0.387 e. The van der Waals surface area contributed by atoms with Crippen molar-refractivity contribution < 1.29 is 32.5 Å². The Morgan fingerprint density at radius 1 is 1.10 bits per heavy atom. The normalized spacial score (nSPS) is 15.2. The average molecular weight is 559 g/mol. The average Bonchev–Trinajstić information content (AvgIpc) is 3.23. The van der Waals surface area contributed by atoms with E-state index in [-0.39, 0.29) is 29.2 Å². The number of para-hydroxylation sites is 1. The molecular weight excluding hydrogens is 530 g/mol. The van der Waals surface area contributed by atoms with E-state index in [0.29, 0.717) is 38.3 Å². The van der Waals surface area contributed by atoms with Crippen LogP contribution in [0.3, 0.4) is 0 Å². The highest BCUT2D eigenvalue weighted by Gasteiger charge is 2.35. The van der Waals surface area contributed by atoms with Gasteiger partial charge in [-0.25, -0.2) is 9.79 Å². The van der Waals surface area contributed by atoms with Gasteiger partial charge in [0, 0.05) is 5.56 Å². The number of benzene rings is 2. The number of halogens is 2. The van der Waals surface area contributed by atoms with Crippen LogP contribution in [0.2, 0.25) is 0 Å². The highest BCUT2D eigenvalue weighted by molar-refractivity contribution is 7.07. The van der Waals surface area contributed by atoms with Gasteiger partial charge in [0.25, 0.3) is 5.56 Å². The minimum absolute atomic E-state index is 0.0959. The van der Waals surface area contributed by atoms with Gasteiger partial charge < -0.3 is 18.9 Å². The summed E-state index contributed by atoms with van der Waals surface area (Å²) in [6, 6.07) is 10.8. The highest BCUT2D eigenvalue weighted by atomic mass is 32.1. The number of esters is 1. The first-order valence-corrected chi connectivity index (χ1v) is 13.1. The summed E-state index contributed by atoms with van der Waals surface area (Å²) in [5.74, 6) is -0.0608. The quantitative estimate of drug-likeness (QED) is 0.347. The van der Waals surface area contributed by atoms with Crippen molar-refractivity contribution in [2.24, 2.45) is 4.99 Å². The van der Waals surface area contributed by atoms with Crippen LogP contribution < -0.4 is 29.1 Å². The molecule has 39 heavy (non-hydrogen) atoms. The minimum atomic E-state index is -3.01. The molecule has 2 aromatic carbocycles. The van der Waals surface area contributed by atoms with Crippen LogP contribution in [0.15, 0.2) is 63.5 Å². The van der Waals surface area contributed by atoms with Gasteiger partial charge in [0.1, 0.15) is 11.8 Å². The van der Waals surface area contributed by atoms with Gasteiger partial charge in [-0.1, -0.05) is 48.9 Å². The molecule has 1 aliphatic heterocycles. The Labute approximate surface area is 227 Å².